The summed E-state index contributed by atoms with van der Waals surface area (Å²) < 4.78 is 27.1. The summed E-state index contributed by atoms with van der Waals surface area (Å²) in [4.78, 5) is 32.9. The first kappa shape index (κ1) is 26.6. The van der Waals surface area contributed by atoms with E-state index in [1.165, 1.54) is 10.6 Å². The summed E-state index contributed by atoms with van der Waals surface area (Å²) in [7, 11) is -3.26. The molecule has 36 heavy (non-hydrogen) atoms. The van der Waals surface area contributed by atoms with Gasteiger partial charge in [0.05, 0.1) is 6.26 Å². The Morgan fingerprint density at radius 2 is 1.42 bits per heavy atom. The summed E-state index contributed by atoms with van der Waals surface area (Å²) in [5.41, 5.74) is 2.13. The number of hydrogen-bond donors (Lipinski definition) is 0. The molecule has 198 valence electrons. The maximum absolute atomic E-state index is 13.5. The van der Waals surface area contributed by atoms with Crippen molar-refractivity contribution in [3.63, 3.8) is 0 Å². The number of amides is 2. The van der Waals surface area contributed by atoms with Crippen LogP contribution in [-0.2, 0) is 10.0 Å². The Morgan fingerprint density at radius 1 is 0.778 bits per heavy atom. The molecule has 0 bridgehead atoms. The highest BCUT2D eigenvalue weighted by atomic mass is 32.2. The first-order valence-electron chi connectivity index (χ1n) is 12.9. The fraction of sp³-hybridized carbons (Fsp3) is 0.615. The van der Waals surface area contributed by atoms with Crippen molar-refractivity contribution in [3.05, 3.63) is 35.5 Å². The van der Waals surface area contributed by atoms with E-state index in [0.29, 0.717) is 50.0 Å². The van der Waals surface area contributed by atoms with E-state index >= 15 is 0 Å². The third-order valence-electron chi connectivity index (χ3n) is 7.36. The molecule has 0 saturated carbocycles. The van der Waals surface area contributed by atoms with Crippen LogP contribution in [0.15, 0.2) is 24.3 Å². The minimum Gasteiger partial charge on any atom is -0.337 e. The molecule has 2 amide bonds. The largest absolute Gasteiger partial charge is 0.337 e. The fourth-order valence-corrected chi connectivity index (χ4v) is 6.14. The van der Waals surface area contributed by atoms with Crippen LogP contribution in [0.2, 0.25) is 0 Å². The van der Waals surface area contributed by atoms with Gasteiger partial charge in [0.15, 0.2) is 0 Å². The summed E-state index contributed by atoms with van der Waals surface area (Å²) in [6, 6.07) is 8.11. The lowest BCUT2D eigenvalue weighted by molar-refractivity contribution is 0.0686. The van der Waals surface area contributed by atoms with Crippen molar-refractivity contribution >= 4 is 32.7 Å². The Kier molecular flexibility index (Phi) is 7.78. The molecule has 0 spiro atoms. The Labute approximate surface area is 214 Å². The number of sulfonamides is 1. The zero-order chi connectivity index (χ0) is 26.2. The molecule has 0 unspecified atom stereocenters. The van der Waals surface area contributed by atoms with Crippen LogP contribution >= 0.6 is 0 Å². The number of rotatable bonds is 5. The maximum Gasteiger partial charge on any atom is 0.270 e. The van der Waals surface area contributed by atoms with E-state index in [1.54, 1.807) is 4.90 Å². The van der Waals surface area contributed by atoms with Crippen LogP contribution in [0.1, 0.15) is 61.0 Å². The third-order valence-corrected chi connectivity index (χ3v) is 8.67. The molecule has 0 N–H and O–H groups in total. The molecular weight excluding hydrogens is 478 g/mol. The van der Waals surface area contributed by atoms with Crippen molar-refractivity contribution in [1.29, 1.82) is 0 Å². The number of carbonyl (C=O) groups excluding carboxylic acids is 2. The van der Waals surface area contributed by atoms with Gasteiger partial charge in [0.2, 0.25) is 10.0 Å². The summed E-state index contributed by atoms with van der Waals surface area (Å²) in [5, 5.41) is 0.867. The van der Waals surface area contributed by atoms with Gasteiger partial charge in [-0.2, -0.15) is 4.31 Å². The normalized spacial score (nSPS) is 18.9. The van der Waals surface area contributed by atoms with Gasteiger partial charge < -0.3 is 14.4 Å². The average molecular weight is 518 g/mol. The summed E-state index contributed by atoms with van der Waals surface area (Å²) >= 11 is 0. The predicted molar refractivity (Wildman–Crippen MR) is 142 cm³/mol. The van der Waals surface area contributed by atoms with Crippen LogP contribution in [0.3, 0.4) is 0 Å². The number of nitrogens with zero attached hydrogens (tertiary/aromatic N) is 5. The number of benzene rings is 1. The van der Waals surface area contributed by atoms with E-state index in [1.807, 2.05) is 47.6 Å². The second-order valence-electron chi connectivity index (χ2n) is 10.5. The van der Waals surface area contributed by atoms with Crippen molar-refractivity contribution in [2.24, 2.45) is 0 Å². The molecule has 2 aliphatic rings. The van der Waals surface area contributed by atoms with Gasteiger partial charge in [-0.05, 0) is 58.4 Å². The second kappa shape index (κ2) is 10.5. The summed E-state index contributed by atoms with van der Waals surface area (Å²) in [6.45, 7) is 13.1. The van der Waals surface area contributed by atoms with E-state index in [4.69, 9.17) is 0 Å². The van der Waals surface area contributed by atoms with Gasteiger partial charge in [0, 0.05) is 80.9 Å². The molecule has 1 aromatic carbocycles. The minimum atomic E-state index is -3.26. The van der Waals surface area contributed by atoms with Gasteiger partial charge in [0.25, 0.3) is 11.8 Å². The number of carbonyl (C=O) groups is 2. The van der Waals surface area contributed by atoms with Crippen molar-refractivity contribution in [2.45, 2.75) is 46.2 Å². The molecule has 0 radical (unpaired) electrons. The van der Waals surface area contributed by atoms with Crippen LogP contribution in [0.4, 0.5) is 0 Å². The quantitative estimate of drug-likeness (QED) is 0.608. The van der Waals surface area contributed by atoms with E-state index in [9.17, 15) is 18.0 Å². The molecule has 0 atom stereocenters. The Bertz CT molecular complexity index is 1230. The zero-order valence-corrected chi connectivity index (χ0v) is 22.9. The highest BCUT2D eigenvalue weighted by Gasteiger charge is 2.29. The van der Waals surface area contributed by atoms with Crippen molar-refractivity contribution in [2.75, 3.05) is 58.6 Å². The van der Waals surface area contributed by atoms with Crippen molar-refractivity contribution in [3.8, 4) is 0 Å². The minimum absolute atomic E-state index is 0.0320. The molecule has 1 aromatic heterocycles. The molecule has 2 fully saturated rings. The first-order chi connectivity index (χ1) is 17.0. The number of piperazine rings is 1. The van der Waals surface area contributed by atoms with Gasteiger partial charge in [-0.1, -0.05) is 0 Å². The van der Waals surface area contributed by atoms with Crippen LogP contribution in [-0.4, -0.2) is 108 Å². The van der Waals surface area contributed by atoms with Crippen LogP contribution in [0, 0.1) is 0 Å². The van der Waals surface area contributed by atoms with Crippen molar-refractivity contribution in [1.82, 2.24) is 23.6 Å². The van der Waals surface area contributed by atoms with Gasteiger partial charge in [0.1, 0.15) is 5.69 Å². The maximum atomic E-state index is 13.5. The molecule has 0 aliphatic carbocycles. The molecule has 9 nitrogen and oxygen atoms in total. The summed E-state index contributed by atoms with van der Waals surface area (Å²) in [6.07, 6.45) is 2.16. The highest BCUT2D eigenvalue weighted by Crippen LogP contribution is 2.27. The molecule has 2 aliphatic heterocycles. The number of hydrogen-bond acceptors (Lipinski definition) is 5. The first-order valence-corrected chi connectivity index (χ1v) is 14.7. The standard InChI is InChI=1S/C26H39N5O4S/c1-19(2)27-9-6-10-28(12-11-27)25(32)21-7-8-23-22(17-21)18-24(31(23)20(3)4)26(33)29-13-15-30(16-14-29)36(5,34)35/h7-8,17-20H,6,9-16H2,1-5H3. The van der Waals surface area contributed by atoms with Crippen LogP contribution in [0.25, 0.3) is 10.9 Å². The average Bonchev–Trinajstić information content (AvgIpc) is 3.03. The molecule has 2 saturated heterocycles. The zero-order valence-electron chi connectivity index (χ0n) is 22.1. The lowest BCUT2D eigenvalue weighted by atomic mass is 10.1. The fourth-order valence-electron chi connectivity index (χ4n) is 5.31. The number of fused-ring (bicyclic) bond motifs is 1. The lowest BCUT2D eigenvalue weighted by Gasteiger charge is -2.33. The van der Waals surface area contributed by atoms with E-state index in [-0.39, 0.29) is 17.9 Å². The van der Waals surface area contributed by atoms with Gasteiger partial charge in [-0.15, -0.1) is 0 Å². The smallest absolute Gasteiger partial charge is 0.270 e. The highest BCUT2D eigenvalue weighted by molar-refractivity contribution is 7.88. The van der Waals surface area contributed by atoms with Gasteiger partial charge in [-0.25, -0.2) is 8.42 Å². The Balaban J connectivity index is 1.57. The molecule has 10 heteroatoms. The number of aromatic nitrogens is 1. The van der Waals surface area contributed by atoms with E-state index in [2.05, 4.69) is 18.7 Å². The molecular formula is C26H39N5O4S. The van der Waals surface area contributed by atoms with E-state index in [0.717, 1.165) is 37.0 Å². The Morgan fingerprint density at radius 3 is 2.03 bits per heavy atom. The van der Waals surface area contributed by atoms with Crippen molar-refractivity contribution < 1.29 is 18.0 Å². The SMILES string of the molecule is CC(C)N1CCCN(C(=O)c2ccc3c(c2)cc(C(=O)N2CCN(S(C)(=O)=O)CC2)n3C(C)C)CC1. The van der Waals surface area contributed by atoms with E-state index < -0.39 is 10.0 Å². The molecule has 4 rings (SSSR count). The molecule has 2 aromatic rings. The molecule has 3 heterocycles. The van der Waals surface area contributed by atoms with Crippen LogP contribution < -0.4 is 0 Å². The second-order valence-corrected chi connectivity index (χ2v) is 12.5. The summed E-state index contributed by atoms with van der Waals surface area (Å²) in [5.74, 6) is -0.0770. The predicted octanol–water partition coefficient (Wildman–Crippen LogP) is 2.50. The van der Waals surface area contributed by atoms with Gasteiger partial charge in [-0.3, -0.25) is 14.5 Å². The topological polar surface area (TPSA) is 86.2 Å². The Hall–Kier alpha value is -2.43. The monoisotopic (exact) mass is 517 g/mol. The van der Waals surface area contributed by atoms with Crippen LogP contribution in [0.5, 0.6) is 0 Å². The van der Waals surface area contributed by atoms with Gasteiger partial charge >= 0.3 is 0 Å². The lowest BCUT2D eigenvalue weighted by Crippen LogP contribution is -2.50. The third kappa shape index (κ3) is 5.45.